The maximum Gasteiger partial charge on any atom is 0.335 e. The molecule has 2 aromatic carbocycles. The number of para-hydroxylation sites is 1. The van der Waals surface area contributed by atoms with E-state index in [0.29, 0.717) is 5.56 Å². The standard InChI is InChI=1S/C7H6O2.C7H8O.C2H2/c8-7(9)6-4-2-1-3-5-6;1-8-7-5-3-2-4-6-7;1-2/h1-5H,(H,8,9);2-6H,1H3;1-2H. The van der Waals surface area contributed by atoms with E-state index in [0.717, 1.165) is 5.75 Å². The summed E-state index contributed by atoms with van der Waals surface area (Å²) >= 11 is 0. The van der Waals surface area contributed by atoms with Gasteiger partial charge < -0.3 is 9.84 Å². The Morgan fingerprint density at radius 1 is 0.947 bits per heavy atom. The molecule has 2 aromatic rings. The van der Waals surface area contributed by atoms with Crippen molar-refractivity contribution in [2.24, 2.45) is 0 Å². The monoisotopic (exact) mass is 256 g/mol. The summed E-state index contributed by atoms with van der Waals surface area (Å²) < 4.78 is 4.91. The molecule has 0 aliphatic heterocycles. The number of aromatic carboxylic acids is 1. The van der Waals surface area contributed by atoms with Crippen LogP contribution in [0.15, 0.2) is 60.7 Å². The fourth-order valence-corrected chi connectivity index (χ4v) is 1.14. The van der Waals surface area contributed by atoms with Gasteiger partial charge in [0.15, 0.2) is 0 Å². The molecule has 3 nitrogen and oxygen atoms in total. The Morgan fingerprint density at radius 3 is 1.63 bits per heavy atom. The van der Waals surface area contributed by atoms with Crippen molar-refractivity contribution in [1.29, 1.82) is 0 Å². The molecule has 0 radical (unpaired) electrons. The van der Waals surface area contributed by atoms with Crippen LogP contribution in [0.2, 0.25) is 0 Å². The lowest BCUT2D eigenvalue weighted by Crippen LogP contribution is -1.93. The lowest BCUT2D eigenvalue weighted by atomic mass is 10.2. The van der Waals surface area contributed by atoms with Crippen LogP contribution in [-0.2, 0) is 0 Å². The predicted molar refractivity (Wildman–Crippen MR) is 76.3 cm³/mol. The van der Waals surface area contributed by atoms with E-state index >= 15 is 0 Å². The van der Waals surface area contributed by atoms with Crippen molar-refractivity contribution < 1.29 is 14.6 Å². The van der Waals surface area contributed by atoms with Gasteiger partial charge in [-0.25, -0.2) is 4.79 Å². The molecule has 19 heavy (non-hydrogen) atoms. The molecular formula is C16H16O3. The smallest absolute Gasteiger partial charge is 0.335 e. The fraction of sp³-hybridized carbons (Fsp3) is 0.0625. The minimum Gasteiger partial charge on any atom is -0.497 e. The Morgan fingerprint density at radius 2 is 1.37 bits per heavy atom. The molecule has 0 fully saturated rings. The second kappa shape index (κ2) is 10.4. The Bertz CT molecular complexity index is 475. The molecule has 0 aliphatic carbocycles. The number of carboxylic acids is 1. The minimum absolute atomic E-state index is 0.331. The van der Waals surface area contributed by atoms with Crippen molar-refractivity contribution >= 4 is 5.97 Å². The van der Waals surface area contributed by atoms with Crippen LogP contribution < -0.4 is 4.74 Å². The number of carboxylic acid groups (broad SMARTS) is 1. The number of hydrogen-bond acceptors (Lipinski definition) is 2. The molecule has 2 rings (SSSR count). The normalized spacial score (nSPS) is 7.95. The van der Waals surface area contributed by atoms with Crippen molar-refractivity contribution in [3.63, 3.8) is 0 Å². The number of hydrogen-bond donors (Lipinski definition) is 1. The highest BCUT2D eigenvalue weighted by atomic mass is 16.5. The largest absolute Gasteiger partial charge is 0.497 e. The maximum atomic E-state index is 10.2. The lowest BCUT2D eigenvalue weighted by Gasteiger charge is -1.93. The summed E-state index contributed by atoms with van der Waals surface area (Å²) in [6, 6.07) is 18.0. The van der Waals surface area contributed by atoms with Gasteiger partial charge in [0.05, 0.1) is 12.7 Å². The third-order valence-corrected chi connectivity index (χ3v) is 2.00. The first-order valence-electron chi connectivity index (χ1n) is 5.44. The van der Waals surface area contributed by atoms with Crippen LogP contribution in [0.25, 0.3) is 0 Å². The summed E-state index contributed by atoms with van der Waals surface area (Å²) in [7, 11) is 1.66. The average Bonchev–Trinajstić information content (AvgIpc) is 2.51. The molecule has 0 unspecified atom stereocenters. The molecule has 0 atom stereocenters. The van der Waals surface area contributed by atoms with Gasteiger partial charge in [0, 0.05) is 0 Å². The SMILES string of the molecule is C#C.COc1ccccc1.O=C(O)c1ccccc1. The molecule has 3 heteroatoms. The van der Waals surface area contributed by atoms with E-state index < -0.39 is 5.97 Å². The molecule has 0 amide bonds. The molecule has 98 valence electrons. The molecule has 0 heterocycles. The lowest BCUT2D eigenvalue weighted by molar-refractivity contribution is 0.0697. The highest BCUT2D eigenvalue weighted by Crippen LogP contribution is 2.05. The van der Waals surface area contributed by atoms with Gasteiger partial charge in [-0.05, 0) is 24.3 Å². The number of ether oxygens (including phenoxy) is 1. The van der Waals surface area contributed by atoms with Crippen molar-refractivity contribution in [3.8, 4) is 18.6 Å². The van der Waals surface area contributed by atoms with Crippen molar-refractivity contribution in [2.45, 2.75) is 0 Å². The zero-order chi connectivity index (χ0) is 14.5. The summed E-state index contributed by atoms with van der Waals surface area (Å²) in [5.74, 6) is 0.0306. The molecule has 1 N–H and O–H groups in total. The van der Waals surface area contributed by atoms with E-state index in [9.17, 15) is 4.79 Å². The third kappa shape index (κ3) is 7.24. The van der Waals surface area contributed by atoms with Crippen LogP contribution in [-0.4, -0.2) is 18.2 Å². The molecule has 0 spiro atoms. The van der Waals surface area contributed by atoms with Crippen molar-refractivity contribution in [1.82, 2.24) is 0 Å². The van der Waals surface area contributed by atoms with Crippen LogP contribution in [0.4, 0.5) is 0 Å². The van der Waals surface area contributed by atoms with Crippen molar-refractivity contribution in [2.75, 3.05) is 7.11 Å². The molecular weight excluding hydrogens is 240 g/mol. The Labute approximate surface area is 113 Å². The van der Waals surface area contributed by atoms with E-state index in [4.69, 9.17) is 9.84 Å². The number of benzene rings is 2. The molecule has 0 bridgehead atoms. The van der Waals surface area contributed by atoms with E-state index in [1.807, 2.05) is 30.3 Å². The first-order valence-corrected chi connectivity index (χ1v) is 5.44. The van der Waals surface area contributed by atoms with Gasteiger partial charge in [0.2, 0.25) is 0 Å². The topological polar surface area (TPSA) is 46.5 Å². The summed E-state index contributed by atoms with van der Waals surface area (Å²) in [6.07, 6.45) is 8.00. The first kappa shape index (κ1) is 16.3. The second-order valence-electron chi connectivity index (χ2n) is 3.19. The number of methoxy groups -OCH3 is 1. The summed E-state index contributed by atoms with van der Waals surface area (Å²) in [4.78, 5) is 10.2. The van der Waals surface area contributed by atoms with Gasteiger partial charge in [0.1, 0.15) is 5.75 Å². The van der Waals surface area contributed by atoms with E-state index in [1.165, 1.54) is 0 Å². The summed E-state index contributed by atoms with van der Waals surface area (Å²) in [5, 5.41) is 8.38. The van der Waals surface area contributed by atoms with E-state index in [1.54, 1.807) is 37.4 Å². The van der Waals surface area contributed by atoms with Crippen LogP contribution in [0.1, 0.15) is 10.4 Å². The van der Waals surface area contributed by atoms with Crippen LogP contribution in [0, 0.1) is 12.8 Å². The zero-order valence-corrected chi connectivity index (χ0v) is 10.7. The predicted octanol–water partition coefficient (Wildman–Crippen LogP) is 3.33. The van der Waals surface area contributed by atoms with Crippen molar-refractivity contribution in [3.05, 3.63) is 66.2 Å². The summed E-state index contributed by atoms with van der Waals surface area (Å²) in [6.45, 7) is 0. The van der Waals surface area contributed by atoms with Gasteiger partial charge in [0.25, 0.3) is 0 Å². The molecule has 0 saturated heterocycles. The number of carbonyl (C=O) groups is 1. The Kier molecular flexibility index (Phi) is 8.93. The molecule has 0 saturated carbocycles. The van der Waals surface area contributed by atoms with Gasteiger partial charge in [-0.3, -0.25) is 0 Å². The quantitative estimate of drug-likeness (QED) is 0.838. The average molecular weight is 256 g/mol. The highest BCUT2D eigenvalue weighted by molar-refractivity contribution is 5.87. The van der Waals surface area contributed by atoms with Crippen LogP contribution in [0.3, 0.4) is 0 Å². The summed E-state index contributed by atoms with van der Waals surface area (Å²) in [5.41, 5.74) is 0.331. The highest BCUT2D eigenvalue weighted by Gasteiger charge is 1.96. The van der Waals surface area contributed by atoms with E-state index in [2.05, 4.69) is 12.8 Å². The van der Waals surface area contributed by atoms with Crippen LogP contribution in [0.5, 0.6) is 5.75 Å². The Balaban J connectivity index is 0.000000303. The molecule has 0 aliphatic rings. The van der Waals surface area contributed by atoms with Crippen LogP contribution >= 0.6 is 0 Å². The fourth-order valence-electron chi connectivity index (χ4n) is 1.14. The minimum atomic E-state index is -0.879. The van der Waals surface area contributed by atoms with E-state index in [-0.39, 0.29) is 0 Å². The zero-order valence-electron chi connectivity index (χ0n) is 10.7. The van der Waals surface area contributed by atoms with Gasteiger partial charge in [-0.2, -0.15) is 0 Å². The van der Waals surface area contributed by atoms with Gasteiger partial charge >= 0.3 is 5.97 Å². The molecule has 0 aromatic heterocycles. The maximum absolute atomic E-state index is 10.2. The van der Waals surface area contributed by atoms with Gasteiger partial charge in [-0.1, -0.05) is 36.4 Å². The number of rotatable bonds is 2. The second-order valence-corrected chi connectivity index (χ2v) is 3.19. The third-order valence-electron chi connectivity index (χ3n) is 2.00. The first-order chi connectivity index (χ1) is 9.24. The number of terminal acetylenes is 1. The van der Waals surface area contributed by atoms with Gasteiger partial charge in [-0.15, -0.1) is 12.8 Å². The Hall–Kier alpha value is -2.73.